The predicted molar refractivity (Wildman–Crippen MR) is 47.9 cm³/mol. The maximum atomic E-state index is 9.93. The van der Waals surface area contributed by atoms with E-state index in [1.165, 1.54) is 0 Å². The fourth-order valence-corrected chi connectivity index (χ4v) is 0. The molecule has 0 aliphatic carbocycles. The topological polar surface area (TPSA) is 0 Å². The molecule has 0 aliphatic heterocycles. The van der Waals surface area contributed by atoms with Crippen LogP contribution in [0.2, 0.25) is 0 Å². The van der Waals surface area contributed by atoms with Crippen molar-refractivity contribution in [3.8, 4) is 0 Å². The minimum Gasteiger partial charge on any atom is -0.0576 e. The molecular formula is H6F12S2Sb2. The monoisotopic (exact) mass is 540 g/mol. The number of halogens is 12. The van der Waals surface area contributed by atoms with Gasteiger partial charge in [-0.05, 0) is 0 Å². The third-order valence-electron chi connectivity index (χ3n) is 0. The van der Waals surface area contributed by atoms with E-state index < -0.39 is 39.0 Å². The van der Waals surface area contributed by atoms with Crippen LogP contribution in [0.5, 0.6) is 0 Å². The molecule has 112 valence electrons. The van der Waals surface area contributed by atoms with E-state index in [0.717, 1.165) is 0 Å². The van der Waals surface area contributed by atoms with Gasteiger partial charge in [0.05, 0.1) is 0 Å². The van der Waals surface area contributed by atoms with Crippen LogP contribution in [0.25, 0.3) is 0 Å². The predicted octanol–water partition coefficient (Wildman–Crippen LogP) is 2.67. The second-order valence-corrected chi connectivity index (χ2v) is 12.9. The van der Waals surface area contributed by atoms with Crippen LogP contribution in [0, 0.1) is 0 Å². The zero-order valence-electron chi connectivity index (χ0n) is 6.58. The first kappa shape index (κ1) is 26.1. The van der Waals surface area contributed by atoms with Gasteiger partial charge in [-0.1, -0.05) is 27.0 Å². The maximum absolute atomic E-state index is 11.2. The van der Waals surface area contributed by atoms with Crippen LogP contribution in [-0.2, 0) is 27.0 Å². The van der Waals surface area contributed by atoms with E-state index in [0.29, 0.717) is 0 Å². The third kappa shape index (κ3) is 1450. The minimum absolute atomic E-state index is 0. The summed E-state index contributed by atoms with van der Waals surface area (Å²) in [6.07, 6.45) is 0. The summed E-state index contributed by atoms with van der Waals surface area (Å²) in [7, 11) is 0. The molecule has 0 N–H and O–H groups in total. The van der Waals surface area contributed by atoms with Crippen molar-refractivity contribution >= 4 is 65.9 Å². The molecule has 0 unspecified atom stereocenters. The van der Waals surface area contributed by atoms with Gasteiger partial charge in [0.2, 0.25) is 0 Å². The summed E-state index contributed by atoms with van der Waals surface area (Å²) in [5.41, 5.74) is 0. The first-order valence-corrected chi connectivity index (χ1v) is 13.6. The molecule has 0 saturated carbocycles. The van der Waals surface area contributed by atoms with E-state index in [2.05, 4.69) is 0 Å². The molecule has 0 bridgehead atoms. The van der Waals surface area contributed by atoms with Crippen LogP contribution in [0.3, 0.4) is 0 Å². The van der Waals surface area contributed by atoms with Crippen LogP contribution in [-0.4, -0.2) is 39.0 Å². The molecule has 16 heavy (non-hydrogen) atoms. The van der Waals surface area contributed by atoms with Crippen molar-refractivity contribution in [2.24, 2.45) is 0 Å². The van der Waals surface area contributed by atoms with Crippen molar-refractivity contribution in [1.29, 1.82) is 0 Å². The van der Waals surface area contributed by atoms with Crippen LogP contribution in [0.4, 0.5) is 33.8 Å². The summed E-state index contributed by atoms with van der Waals surface area (Å²) >= 11 is -22.5. The van der Waals surface area contributed by atoms with Gasteiger partial charge >= 0.3 is 72.7 Å². The number of hydrogen-bond acceptors (Lipinski definition) is 0. The molecular weight excluding hydrogens is 536 g/mol. The number of hydrogen-bond donors (Lipinski definition) is 0. The Labute approximate surface area is 99.0 Å². The zero-order chi connectivity index (χ0) is 12.8. The Morgan fingerprint density at radius 2 is 0.312 bits per heavy atom. The molecule has 0 heterocycles. The molecule has 0 spiro atoms. The second kappa shape index (κ2) is 3.99. The fraction of sp³-hybridized carbons (Fsp3) is 0. The molecule has 0 fully saturated rings. The standard InChI is InChI=1S/12FH.2H2S.2Sb/h12*1H;2*1H2;;/q;;;;;;;;;;;;;;2*+5/p-10. The summed E-state index contributed by atoms with van der Waals surface area (Å²) in [5, 5.41) is 0. The smallest absolute Gasteiger partial charge is 0.0576 e. The number of rotatable bonds is 0. The quantitative estimate of drug-likeness (QED) is 0.251. The van der Waals surface area contributed by atoms with E-state index >= 15 is 0 Å². The summed E-state index contributed by atoms with van der Waals surface area (Å²) in [4.78, 5) is 0. The van der Waals surface area contributed by atoms with Gasteiger partial charge in [-0.2, -0.15) is 0 Å². The van der Waals surface area contributed by atoms with Crippen molar-refractivity contribution in [3.05, 3.63) is 0 Å². The summed E-state index contributed by atoms with van der Waals surface area (Å²) < 4.78 is 119. The van der Waals surface area contributed by atoms with E-state index in [9.17, 15) is 33.8 Å². The average molecular weight is 542 g/mol. The molecule has 0 aromatic rings. The Hall–Kier alpha value is 1.50. The van der Waals surface area contributed by atoms with Gasteiger partial charge in [0, 0.05) is 0 Å². The van der Waals surface area contributed by atoms with Crippen molar-refractivity contribution < 1.29 is 33.8 Å². The summed E-state index contributed by atoms with van der Waals surface area (Å²) in [5.74, 6) is 0. The Kier molecular flexibility index (Phi) is 6.52. The first-order valence-electron chi connectivity index (χ1n) is 2.03. The van der Waals surface area contributed by atoms with Gasteiger partial charge in [0.25, 0.3) is 0 Å². The maximum Gasteiger partial charge on any atom is -0.0576 e. The van der Waals surface area contributed by atoms with E-state index in [1.807, 2.05) is 0 Å². The summed E-state index contributed by atoms with van der Waals surface area (Å²) in [6.45, 7) is 0. The fourth-order valence-electron chi connectivity index (χ4n) is 0. The SMILES string of the molecule is [F][Sb-]([F])([F])([F])([F])[F].[F][Sb-]([F])([F])([F])([F])[F].[SH3+].[SH3+]. The van der Waals surface area contributed by atoms with Crippen LogP contribution >= 0.6 is 0 Å². The van der Waals surface area contributed by atoms with Gasteiger partial charge in [0.1, 0.15) is 0 Å². The Morgan fingerprint density at radius 1 is 0.312 bits per heavy atom. The van der Waals surface area contributed by atoms with E-state index in [-0.39, 0.29) is 27.0 Å². The molecule has 0 atom stereocenters. The molecule has 0 rings (SSSR count). The molecule has 0 aromatic carbocycles. The second-order valence-electron chi connectivity index (χ2n) is 1.92. The first-order chi connectivity index (χ1) is 4.90. The van der Waals surface area contributed by atoms with Crippen LogP contribution < -0.4 is 0 Å². The van der Waals surface area contributed by atoms with Gasteiger partial charge in [-0.3, -0.25) is 0 Å². The van der Waals surface area contributed by atoms with E-state index in [1.54, 1.807) is 0 Å². The Bertz CT molecular complexity index is 164. The molecule has 16 heteroatoms. The van der Waals surface area contributed by atoms with Crippen molar-refractivity contribution in [3.63, 3.8) is 0 Å². The minimum atomic E-state index is -11.2. The molecule has 0 aliphatic rings. The zero-order valence-corrected chi connectivity index (χ0v) is 14.0. The Morgan fingerprint density at radius 3 is 0.312 bits per heavy atom. The van der Waals surface area contributed by atoms with Gasteiger partial charge in [-0.15, -0.1) is 0 Å². The molecule has 0 nitrogen and oxygen atoms in total. The van der Waals surface area contributed by atoms with Gasteiger partial charge in [0.15, 0.2) is 0 Å². The molecule has 0 radical (unpaired) electrons. The molecule has 0 amide bonds. The van der Waals surface area contributed by atoms with Gasteiger partial charge < -0.3 is 0 Å². The van der Waals surface area contributed by atoms with Crippen LogP contribution in [0.15, 0.2) is 0 Å². The van der Waals surface area contributed by atoms with Crippen molar-refractivity contribution in [2.75, 3.05) is 0 Å². The van der Waals surface area contributed by atoms with Gasteiger partial charge in [-0.25, -0.2) is 0 Å². The molecule has 0 aromatic heterocycles. The van der Waals surface area contributed by atoms with E-state index in [4.69, 9.17) is 0 Å². The van der Waals surface area contributed by atoms with Crippen molar-refractivity contribution in [2.45, 2.75) is 0 Å². The normalized spacial score (nSPS) is 20.2. The molecule has 0 saturated heterocycles. The van der Waals surface area contributed by atoms with Crippen molar-refractivity contribution in [1.82, 2.24) is 0 Å². The average Bonchev–Trinajstić information content (AvgIpc) is 0.938. The largest absolute Gasteiger partial charge is 0.0576 e. The third-order valence-corrected chi connectivity index (χ3v) is 0. The Balaban J connectivity index is -0.0000000800. The van der Waals surface area contributed by atoms with Crippen LogP contribution in [0.1, 0.15) is 0 Å². The summed E-state index contributed by atoms with van der Waals surface area (Å²) in [6, 6.07) is 0.